The Labute approximate surface area is 174 Å². The van der Waals surface area contributed by atoms with Crippen LogP contribution >= 0.6 is 0 Å². The van der Waals surface area contributed by atoms with Gasteiger partial charge in [-0.3, -0.25) is 9.69 Å². The van der Waals surface area contributed by atoms with Gasteiger partial charge in [-0.1, -0.05) is 32.0 Å². The summed E-state index contributed by atoms with van der Waals surface area (Å²) in [7, 11) is 0. The Morgan fingerprint density at radius 3 is 2.31 bits per heavy atom. The molecule has 0 spiro atoms. The molecule has 1 amide bonds. The van der Waals surface area contributed by atoms with Crippen LogP contribution < -0.4 is 16.0 Å². The molecule has 0 radical (unpaired) electrons. The number of nitrogens with zero attached hydrogens (tertiary/aromatic N) is 3. The van der Waals surface area contributed by atoms with Crippen molar-refractivity contribution in [2.45, 2.75) is 33.2 Å². The second-order valence-corrected chi connectivity index (χ2v) is 7.79. The average molecular weight is 396 g/mol. The lowest BCUT2D eigenvalue weighted by Gasteiger charge is -2.35. The number of piperazine rings is 1. The summed E-state index contributed by atoms with van der Waals surface area (Å²) in [4.78, 5) is 21.9. The zero-order valence-electron chi connectivity index (χ0n) is 17.6. The molecule has 3 rings (SSSR count). The molecule has 1 aliphatic heterocycles. The predicted molar refractivity (Wildman–Crippen MR) is 119 cm³/mol. The minimum atomic E-state index is -0.480. The molecular weight excluding hydrogens is 362 g/mol. The maximum Gasteiger partial charge on any atom is 0.231 e. The van der Waals surface area contributed by atoms with Gasteiger partial charge in [-0.05, 0) is 42.7 Å². The smallest absolute Gasteiger partial charge is 0.231 e. The van der Waals surface area contributed by atoms with Gasteiger partial charge in [0.15, 0.2) is 0 Å². The molecule has 1 aromatic carbocycles. The van der Waals surface area contributed by atoms with Crippen LogP contribution in [-0.2, 0) is 11.3 Å². The fourth-order valence-corrected chi connectivity index (χ4v) is 3.84. The number of carbonyl (C=O) groups is 1. The zero-order chi connectivity index (χ0) is 20.7. The Hall–Kier alpha value is -2.44. The van der Waals surface area contributed by atoms with Gasteiger partial charge in [-0.25, -0.2) is 4.98 Å². The summed E-state index contributed by atoms with van der Waals surface area (Å²) < 4.78 is 0. The van der Waals surface area contributed by atoms with Crippen LogP contribution in [0.25, 0.3) is 0 Å². The molecule has 1 aromatic heterocycles. The van der Waals surface area contributed by atoms with Crippen molar-refractivity contribution in [1.29, 1.82) is 0 Å². The Balaban J connectivity index is 1.52. The molecule has 0 saturated carbocycles. The number of anilines is 2. The second-order valence-electron chi connectivity index (χ2n) is 7.79. The topological polar surface area (TPSA) is 74.5 Å². The number of carbonyl (C=O) groups excluding carboxylic acids is 1. The number of nitrogens with one attached hydrogen (secondary N) is 1. The highest BCUT2D eigenvalue weighted by Gasteiger charge is 2.33. The van der Waals surface area contributed by atoms with E-state index in [1.807, 2.05) is 44.3 Å². The average Bonchev–Trinajstić information content (AvgIpc) is 2.78. The Morgan fingerprint density at radius 1 is 1.07 bits per heavy atom. The van der Waals surface area contributed by atoms with E-state index in [0.717, 1.165) is 57.1 Å². The molecule has 3 N–H and O–H groups in total. The first-order valence-electron chi connectivity index (χ1n) is 10.6. The van der Waals surface area contributed by atoms with Crippen LogP contribution in [0.5, 0.6) is 0 Å². The quantitative estimate of drug-likeness (QED) is 0.718. The normalized spacial score (nSPS) is 15.3. The van der Waals surface area contributed by atoms with E-state index in [1.54, 1.807) is 0 Å². The lowest BCUT2D eigenvalue weighted by atomic mass is 9.81. The molecule has 2 heterocycles. The van der Waals surface area contributed by atoms with Crippen molar-refractivity contribution in [2.24, 2.45) is 11.1 Å². The summed E-state index contributed by atoms with van der Waals surface area (Å²) in [6.45, 7) is 9.33. The molecule has 156 valence electrons. The van der Waals surface area contributed by atoms with Crippen molar-refractivity contribution in [3.8, 4) is 0 Å². The van der Waals surface area contributed by atoms with E-state index >= 15 is 0 Å². The second kappa shape index (κ2) is 9.85. The molecule has 1 fully saturated rings. The Morgan fingerprint density at radius 2 is 1.76 bits per heavy atom. The fourth-order valence-electron chi connectivity index (χ4n) is 3.84. The lowest BCUT2D eigenvalue weighted by Crippen LogP contribution is -2.46. The molecule has 0 atom stereocenters. The van der Waals surface area contributed by atoms with Crippen molar-refractivity contribution in [3.63, 3.8) is 0 Å². The number of hydrogen-bond donors (Lipinski definition) is 2. The van der Waals surface area contributed by atoms with Gasteiger partial charge in [-0.2, -0.15) is 0 Å². The van der Waals surface area contributed by atoms with Gasteiger partial charge >= 0.3 is 0 Å². The minimum absolute atomic E-state index is 0.0170. The Bertz CT molecular complexity index is 757. The SMILES string of the molecule is CCC(CC)(CN)C(=O)Nc1ccc(CN2CCN(c3ccccn3)CC2)cc1. The van der Waals surface area contributed by atoms with E-state index in [0.29, 0.717) is 6.54 Å². The highest BCUT2D eigenvalue weighted by Crippen LogP contribution is 2.27. The van der Waals surface area contributed by atoms with Gasteiger partial charge in [0.1, 0.15) is 5.82 Å². The highest BCUT2D eigenvalue weighted by molar-refractivity contribution is 5.95. The van der Waals surface area contributed by atoms with E-state index in [1.165, 1.54) is 5.56 Å². The minimum Gasteiger partial charge on any atom is -0.354 e. The van der Waals surface area contributed by atoms with Crippen LogP contribution in [0.3, 0.4) is 0 Å². The molecule has 0 bridgehead atoms. The summed E-state index contributed by atoms with van der Waals surface area (Å²) in [6.07, 6.45) is 3.34. The van der Waals surface area contributed by atoms with Crippen LogP contribution in [0, 0.1) is 5.41 Å². The van der Waals surface area contributed by atoms with Crippen molar-refractivity contribution < 1.29 is 4.79 Å². The fraction of sp³-hybridized carbons (Fsp3) is 0.478. The molecule has 2 aromatic rings. The maximum absolute atomic E-state index is 12.7. The molecular formula is C23H33N5O. The summed E-state index contributed by atoms with van der Waals surface area (Å²) >= 11 is 0. The van der Waals surface area contributed by atoms with Gasteiger partial charge < -0.3 is 16.0 Å². The first-order valence-corrected chi connectivity index (χ1v) is 10.6. The molecule has 0 aliphatic carbocycles. The summed E-state index contributed by atoms with van der Waals surface area (Å²) in [6, 6.07) is 14.2. The first kappa shape index (κ1) is 21.3. The summed E-state index contributed by atoms with van der Waals surface area (Å²) in [5.74, 6) is 1.07. The number of nitrogens with two attached hydrogens (primary N) is 1. The molecule has 29 heavy (non-hydrogen) atoms. The monoisotopic (exact) mass is 395 g/mol. The number of pyridine rings is 1. The first-order chi connectivity index (χ1) is 14.1. The third-order valence-corrected chi connectivity index (χ3v) is 6.19. The van der Waals surface area contributed by atoms with E-state index in [9.17, 15) is 4.79 Å². The van der Waals surface area contributed by atoms with Gasteiger partial charge in [-0.15, -0.1) is 0 Å². The van der Waals surface area contributed by atoms with Gasteiger partial charge in [0.25, 0.3) is 0 Å². The predicted octanol–water partition coefficient (Wildman–Crippen LogP) is 3.11. The Kier molecular flexibility index (Phi) is 7.23. The maximum atomic E-state index is 12.7. The van der Waals surface area contributed by atoms with E-state index in [-0.39, 0.29) is 5.91 Å². The van der Waals surface area contributed by atoms with Gasteiger partial charge in [0.05, 0.1) is 5.41 Å². The summed E-state index contributed by atoms with van der Waals surface area (Å²) in [5.41, 5.74) is 7.49. The van der Waals surface area contributed by atoms with Crippen LogP contribution in [0.1, 0.15) is 32.3 Å². The molecule has 1 aliphatic rings. The van der Waals surface area contributed by atoms with Crippen LogP contribution in [0.4, 0.5) is 11.5 Å². The molecule has 6 heteroatoms. The molecule has 0 unspecified atom stereocenters. The number of hydrogen-bond acceptors (Lipinski definition) is 5. The van der Waals surface area contributed by atoms with Gasteiger partial charge in [0, 0.05) is 51.2 Å². The highest BCUT2D eigenvalue weighted by atomic mass is 16.2. The van der Waals surface area contributed by atoms with Crippen LogP contribution in [0.15, 0.2) is 48.7 Å². The number of benzene rings is 1. The standard InChI is InChI=1S/C23H33N5O/c1-3-23(4-2,18-24)22(29)26-20-10-8-19(9-11-20)17-27-13-15-28(16-14-27)21-7-5-6-12-25-21/h5-12H,3-4,13-18,24H2,1-2H3,(H,26,29). The van der Waals surface area contributed by atoms with Crippen molar-refractivity contribution in [2.75, 3.05) is 42.9 Å². The van der Waals surface area contributed by atoms with E-state index < -0.39 is 5.41 Å². The van der Waals surface area contributed by atoms with Gasteiger partial charge in [0.2, 0.25) is 5.91 Å². The zero-order valence-corrected chi connectivity index (χ0v) is 17.6. The third-order valence-electron chi connectivity index (χ3n) is 6.19. The number of aromatic nitrogens is 1. The summed E-state index contributed by atoms with van der Waals surface area (Å²) in [5, 5.41) is 3.04. The number of rotatable bonds is 8. The van der Waals surface area contributed by atoms with E-state index in [2.05, 4.69) is 38.3 Å². The number of amides is 1. The van der Waals surface area contributed by atoms with E-state index in [4.69, 9.17) is 5.73 Å². The van der Waals surface area contributed by atoms with Crippen molar-refractivity contribution >= 4 is 17.4 Å². The van der Waals surface area contributed by atoms with Crippen molar-refractivity contribution in [1.82, 2.24) is 9.88 Å². The third kappa shape index (κ3) is 5.14. The largest absolute Gasteiger partial charge is 0.354 e. The van der Waals surface area contributed by atoms with Crippen LogP contribution in [-0.4, -0.2) is 48.5 Å². The lowest BCUT2D eigenvalue weighted by molar-refractivity contribution is -0.125. The molecule has 1 saturated heterocycles. The molecule has 6 nitrogen and oxygen atoms in total. The van der Waals surface area contributed by atoms with Crippen molar-refractivity contribution in [3.05, 3.63) is 54.2 Å². The van der Waals surface area contributed by atoms with Crippen LogP contribution in [0.2, 0.25) is 0 Å².